The maximum atomic E-state index is 13.4. The fourth-order valence-corrected chi connectivity index (χ4v) is 5.07. The highest BCUT2D eigenvalue weighted by atomic mass is 35.5. The molecule has 0 bridgehead atoms. The maximum Gasteiger partial charge on any atom is 0.220 e. The first-order chi connectivity index (χ1) is 15.9. The first kappa shape index (κ1) is 23.7. The Balaban J connectivity index is 1.19. The molecule has 33 heavy (non-hydrogen) atoms. The molecular weight excluding hydrogens is 441 g/mol. The minimum atomic E-state index is -0.389. The van der Waals surface area contributed by atoms with E-state index in [1.54, 1.807) is 18.2 Å². The largest absolute Gasteiger partial charge is 0.371 e. The summed E-state index contributed by atoms with van der Waals surface area (Å²) >= 11 is 5.94. The number of carbonyl (C=O) groups is 2. The second-order valence-electron chi connectivity index (χ2n) is 9.16. The van der Waals surface area contributed by atoms with Crippen LogP contribution in [0.2, 0.25) is 5.02 Å². The number of piperidine rings is 1. The van der Waals surface area contributed by atoms with Gasteiger partial charge in [0, 0.05) is 62.4 Å². The van der Waals surface area contributed by atoms with E-state index >= 15 is 0 Å². The first-order valence-corrected chi connectivity index (χ1v) is 12.1. The number of rotatable bonds is 7. The van der Waals surface area contributed by atoms with Gasteiger partial charge in [0.2, 0.25) is 5.91 Å². The molecule has 0 radical (unpaired) electrons. The minimum absolute atomic E-state index is 0.0103. The number of carbonyl (C=O) groups excluding carboxylic acids is 2. The molecule has 5 nitrogen and oxygen atoms in total. The topological polar surface area (TPSA) is 52.7 Å². The Bertz CT molecular complexity index is 1010. The number of nitrogens with zero attached hydrogens (tertiary/aromatic N) is 2. The minimum Gasteiger partial charge on any atom is -0.371 e. The van der Waals surface area contributed by atoms with Crippen LogP contribution in [0, 0.1) is 12.7 Å². The third-order valence-electron chi connectivity index (χ3n) is 6.75. The van der Waals surface area contributed by atoms with Crippen molar-refractivity contribution in [2.45, 2.75) is 51.1 Å². The van der Waals surface area contributed by atoms with Gasteiger partial charge in [-0.05, 0) is 50.5 Å². The fraction of sp³-hybridized carbons (Fsp3) is 0.462. The highest BCUT2D eigenvalue weighted by Gasteiger charge is 2.31. The van der Waals surface area contributed by atoms with Crippen molar-refractivity contribution in [1.29, 1.82) is 0 Å². The third-order valence-corrected chi connectivity index (χ3v) is 7.04. The summed E-state index contributed by atoms with van der Waals surface area (Å²) in [6, 6.07) is 13.0. The van der Waals surface area contributed by atoms with Crippen LogP contribution < -0.4 is 10.2 Å². The fourth-order valence-electron chi connectivity index (χ4n) is 4.90. The van der Waals surface area contributed by atoms with E-state index in [1.165, 1.54) is 6.07 Å². The van der Waals surface area contributed by atoms with Crippen molar-refractivity contribution < 1.29 is 14.0 Å². The van der Waals surface area contributed by atoms with Gasteiger partial charge in [0.15, 0.2) is 5.78 Å². The summed E-state index contributed by atoms with van der Waals surface area (Å²) in [6.07, 6.45) is 3.45. The molecule has 2 aromatic carbocycles. The Labute approximate surface area is 199 Å². The van der Waals surface area contributed by atoms with Gasteiger partial charge in [-0.1, -0.05) is 35.4 Å². The number of nitrogens with one attached hydrogen (secondary N) is 1. The van der Waals surface area contributed by atoms with Crippen LogP contribution in [0.4, 0.5) is 10.1 Å². The SMILES string of the molecule is Cc1cccc(C(=O)CCC(=O)N[C@@H]2CCN(C3CCN(c4ccc(F)c(Cl)c4)CC3)C2)c1. The predicted octanol–water partition coefficient (Wildman–Crippen LogP) is 4.61. The number of hydrogen-bond acceptors (Lipinski definition) is 4. The molecule has 0 unspecified atom stereocenters. The summed E-state index contributed by atoms with van der Waals surface area (Å²) in [5.74, 6) is -0.429. The molecule has 0 saturated carbocycles. The Morgan fingerprint density at radius 3 is 2.58 bits per heavy atom. The number of Topliss-reactive ketones (excluding diaryl/α,β-unsaturated/α-hetero) is 1. The molecule has 1 amide bonds. The molecule has 1 N–H and O–H groups in total. The lowest BCUT2D eigenvalue weighted by Gasteiger charge is -2.38. The van der Waals surface area contributed by atoms with Gasteiger partial charge in [-0.15, -0.1) is 0 Å². The highest BCUT2D eigenvalue weighted by molar-refractivity contribution is 6.31. The number of ketones is 1. The molecule has 7 heteroatoms. The average molecular weight is 472 g/mol. The lowest BCUT2D eigenvalue weighted by atomic mass is 10.0. The van der Waals surface area contributed by atoms with E-state index in [0.29, 0.717) is 11.6 Å². The lowest BCUT2D eigenvalue weighted by Crippen LogP contribution is -2.45. The zero-order valence-electron chi connectivity index (χ0n) is 19.0. The van der Waals surface area contributed by atoms with Gasteiger partial charge in [0.1, 0.15) is 5.82 Å². The summed E-state index contributed by atoms with van der Waals surface area (Å²) in [4.78, 5) is 29.5. The zero-order chi connectivity index (χ0) is 23.4. The van der Waals surface area contributed by atoms with Crippen molar-refractivity contribution in [2.24, 2.45) is 0 Å². The molecule has 0 aliphatic carbocycles. The van der Waals surface area contributed by atoms with E-state index in [9.17, 15) is 14.0 Å². The lowest BCUT2D eigenvalue weighted by molar-refractivity contribution is -0.121. The molecule has 2 aliphatic rings. The van der Waals surface area contributed by atoms with Crippen LogP contribution in [-0.4, -0.2) is 54.9 Å². The number of likely N-dealkylation sites (tertiary alicyclic amines) is 1. The number of hydrogen-bond donors (Lipinski definition) is 1. The van der Waals surface area contributed by atoms with Gasteiger partial charge < -0.3 is 10.2 Å². The van der Waals surface area contributed by atoms with Crippen LogP contribution in [0.25, 0.3) is 0 Å². The Morgan fingerprint density at radius 1 is 1.06 bits per heavy atom. The smallest absolute Gasteiger partial charge is 0.220 e. The number of halogens is 2. The van der Waals surface area contributed by atoms with Gasteiger partial charge in [0.25, 0.3) is 0 Å². The van der Waals surface area contributed by atoms with Crippen molar-refractivity contribution in [3.8, 4) is 0 Å². The zero-order valence-corrected chi connectivity index (χ0v) is 19.8. The molecule has 2 aliphatic heterocycles. The van der Waals surface area contributed by atoms with Crippen molar-refractivity contribution in [3.63, 3.8) is 0 Å². The second kappa shape index (κ2) is 10.7. The second-order valence-corrected chi connectivity index (χ2v) is 9.56. The summed E-state index contributed by atoms with van der Waals surface area (Å²) in [5.41, 5.74) is 2.68. The molecule has 176 valence electrons. The number of aryl methyl sites for hydroxylation is 1. The number of anilines is 1. The van der Waals surface area contributed by atoms with Crippen LogP contribution in [0.3, 0.4) is 0 Å². The molecule has 1 atom stereocenters. The van der Waals surface area contributed by atoms with Gasteiger partial charge in [-0.2, -0.15) is 0 Å². The van der Waals surface area contributed by atoms with Crippen LogP contribution in [0.15, 0.2) is 42.5 Å². The predicted molar refractivity (Wildman–Crippen MR) is 130 cm³/mol. The molecular formula is C26H31ClFN3O2. The summed E-state index contributed by atoms with van der Waals surface area (Å²) in [5, 5.41) is 3.28. The number of amides is 1. The van der Waals surface area contributed by atoms with Crippen molar-refractivity contribution in [2.75, 3.05) is 31.1 Å². The van der Waals surface area contributed by atoms with Gasteiger partial charge >= 0.3 is 0 Å². The summed E-state index contributed by atoms with van der Waals surface area (Å²) in [6.45, 7) is 5.59. The average Bonchev–Trinajstić information content (AvgIpc) is 3.28. The van der Waals surface area contributed by atoms with E-state index in [4.69, 9.17) is 11.6 Å². The third kappa shape index (κ3) is 6.12. The molecule has 2 aromatic rings. The summed E-state index contributed by atoms with van der Waals surface area (Å²) in [7, 11) is 0. The van der Waals surface area contributed by atoms with Crippen LogP contribution in [0.5, 0.6) is 0 Å². The molecule has 2 fully saturated rings. The van der Waals surface area contributed by atoms with E-state index < -0.39 is 0 Å². The Morgan fingerprint density at radius 2 is 1.85 bits per heavy atom. The monoisotopic (exact) mass is 471 g/mol. The Hall–Kier alpha value is -2.44. The van der Waals surface area contributed by atoms with E-state index in [2.05, 4.69) is 15.1 Å². The van der Waals surface area contributed by atoms with Gasteiger partial charge in [-0.3, -0.25) is 14.5 Å². The van der Waals surface area contributed by atoms with Crippen LogP contribution in [-0.2, 0) is 4.79 Å². The molecule has 4 rings (SSSR count). The van der Waals surface area contributed by atoms with E-state index in [1.807, 2.05) is 25.1 Å². The standard InChI is InChI=1S/C26H31ClFN3O2/c1-18-3-2-4-19(15-18)25(32)7-8-26(33)29-20-9-12-31(17-20)21-10-13-30(14-11-21)22-5-6-24(28)23(27)16-22/h2-6,15-16,20-21H,7-14,17H2,1H3,(H,29,33)/t20-/m1/s1. The molecule has 2 saturated heterocycles. The van der Waals surface area contributed by atoms with E-state index in [0.717, 1.165) is 56.7 Å². The van der Waals surface area contributed by atoms with Gasteiger partial charge in [0.05, 0.1) is 5.02 Å². The summed E-state index contributed by atoms with van der Waals surface area (Å²) < 4.78 is 13.4. The molecule has 0 aromatic heterocycles. The van der Waals surface area contributed by atoms with Crippen LogP contribution in [0.1, 0.15) is 48.0 Å². The maximum absolute atomic E-state index is 13.4. The molecule has 0 spiro atoms. The normalized spacial score (nSPS) is 19.6. The number of benzene rings is 2. The molecule has 2 heterocycles. The van der Waals surface area contributed by atoms with Crippen molar-refractivity contribution in [1.82, 2.24) is 10.2 Å². The van der Waals surface area contributed by atoms with Crippen molar-refractivity contribution in [3.05, 3.63) is 64.4 Å². The van der Waals surface area contributed by atoms with Crippen molar-refractivity contribution >= 4 is 29.0 Å². The quantitative estimate of drug-likeness (QED) is 0.599. The first-order valence-electron chi connectivity index (χ1n) is 11.7. The Kier molecular flexibility index (Phi) is 7.66. The van der Waals surface area contributed by atoms with Gasteiger partial charge in [-0.25, -0.2) is 4.39 Å². The van der Waals surface area contributed by atoms with Crippen LogP contribution >= 0.6 is 11.6 Å². The van der Waals surface area contributed by atoms with E-state index in [-0.39, 0.29) is 41.4 Å². The highest BCUT2D eigenvalue weighted by Crippen LogP contribution is 2.28.